The number of aryl methyl sites for hydroxylation is 1. The SMILES string of the molecule is O=C(CCc1ncc(-c2ccccc2)o1)NC1CCN(Cc2cccc(C(F)(F)F)c2)CC1. The van der Waals surface area contributed by atoms with Gasteiger partial charge in [-0.25, -0.2) is 4.98 Å². The van der Waals surface area contributed by atoms with Crippen LogP contribution in [0.2, 0.25) is 0 Å². The second kappa shape index (κ2) is 10.2. The van der Waals surface area contributed by atoms with Gasteiger partial charge in [0.15, 0.2) is 11.7 Å². The van der Waals surface area contributed by atoms with Crippen molar-refractivity contribution in [3.05, 3.63) is 77.8 Å². The maximum atomic E-state index is 12.9. The van der Waals surface area contributed by atoms with E-state index in [-0.39, 0.29) is 11.9 Å². The molecule has 0 aliphatic carbocycles. The first-order chi connectivity index (χ1) is 15.9. The lowest BCUT2D eigenvalue weighted by Gasteiger charge is -2.32. The largest absolute Gasteiger partial charge is 0.441 e. The van der Waals surface area contributed by atoms with Gasteiger partial charge in [-0.15, -0.1) is 0 Å². The zero-order chi connectivity index (χ0) is 23.3. The van der Waals surface area contributed by atoms with Crippen LogP contribution < -0.4 is 5.32 Å². The number of carbonyl (C=O) groups is 1. The minimum Gasteiger partial charge on any atom is -0.441 e. The number of rotatable bonds is 7. The first-order valence-electron chi connectivity index (χ1n) is 11.0. The van der Waals surface area contributed by atoms with Crippen LogP contribution >= 0.6 is 0 Å². The highest BCUT2D eigenvalue weighted by atomic mass is 19.4. The molecule has 1 aliphatic heterocycles. The summed E-state index contributed by atoms with van der Waals surface area (Å²) >= 11 is 0. The molecule has 1 aliphatic rings. The average molecular weight is 457 g/mol. The number of piperidine rings is 1. The van der Waals surface area contributed by atoms with Crippen LogP contribution in [0.25, 0.3) is 11.3 Å². The summed E-state index contributed by atoms with van der Waals surface area (Å²) in [5, 5.41) is 3.06. The van der Waals surface area contributed by atoms with E-state index in [0.29, 0.717) is 36.6 Å². The summed E-state index contributed by atoms with van der Waals surface area (Å²) in [6.45, 7) is 1.92. The zero-order valence-corrected chi connectivity index (χ0v) is 18.1. The molecular formula is C25H26F3N3O2. The Balaban J connectivity index is 1.19. The van der Waals surface area contributed by atoms with Gasteiger partial charge in [-0.2, -0.15) is 13.2 Å². The fraction of sp³-hybridized carbons (Fsp3) is 0.360. The van der Waals surface area contributed by atoms with Crippen LogP contribution in [0.15, 0.2) is 65.2 Å². The van der Waals surface area contributed by atoms with Crippen LogP contribution in [0, 0.1) is 0 Å². The standard InChI is InChI=1S/C25H26F3N3O2/c26-25(27,28)20-8-4-5-18(15-20)17-31-13-11-21(12-14-31)30-23(32)9-10-24-29-16-22(33-24)19-6-2-1-3-7-19/h1-8,15-16,21H,9-14,17H2,(H,30,32). The second-order valence-corrected chi connectivity index (χ2v) is 8.30. The van der Waals surface area contributed by atoms with Crippen LogP contribution in [0.3, 0.4) is 0 Å². The molecular weight excluding hydrogens is 431 g/mol. The minimum atomic E-state index is -4.33. The monoisotopic (exact) mass is 457 g/mol. The molecule has 1 saturated heterocycles. The smallest absolute Gasteiger partial charge is 0.416 e. The Kier molecular flexibility index (Phi) is 7.13. The van der Waals surface area contributed by atoms with Gasteiger partial charge >= 0.3 is 6.18 Å². The van der Waals surface area contributed by atoms with E-state index < -0.39 is 11.7 Å². The molecule has 3 aromatic rings. The van der Waals surface area contributed by atoms with Crippen LogP contribution in [0.4, 0.5) is 13.2 Å². The first kappa shape index (κ1) is 23.0. The first-order valence-corrected chi connectivity index (χ1v) is 11.0. The highest BCUT2D eigenvalue weighted by Gasteiger charge is 2.30. The van der Waals surface area contributed by atoms with Gasteiger partial charge in [0.1, 0.15) is 0 Å². The number of hydrogen-bond acceptors (Lipinski definition) is 4. The van der Waals surface area contributed by atoms with Crippen LogP contribution in [0.5, 0.6) is 0 Å². The van der Waals surface area contributed by atoms with E-state index in [4.69, 9.17) is 4.42 Å². The second-order valence-electron chi connectivity index (χ2n) is 8.30. The van der Waals surface area contributed by atoms with Gasteiger partial charge in [0.2, 0.25) is 5.91 Å². The molecule has 1 aromatic heterocycles. The van der Waals surface area contributed by atoms with Gasteiger partial charge in [-0.3, -0.25) is 9.69 Å². The summed E-state index contributed by atoms with van der Waals surface area (Å²) in [5.74, 6) is 1.16. The molecule has 0 unspecified atom stereocenters. The van der Waals surface area contributed by atoms with Gasteiger partial charge in [-0.1, -0.05) is 48.5 Å². The molecule has 4 rings (SSSR count). The highest BCUT2D eigenvalue weighted by molar-refractivity contribution is 5.76. The zero-order valence-electron chi connectivity index (χ0n) is 18.1. The van der Waals surface area contributed by atoms with Crippen molar-refractivity contribution in [2.45, 2.75) is 44.4 Å². The van der Waals surface area contributed by atoms with E-state index >= 15 is 0 Å². The van der Waals surface area contributed by atoms with E-state index in [1.165, 1.54) is 12.1 Å². The summed E-state index contributed by atoms with van der Waals surface area (Å²) in [4.78, 5) is 18.7. The number of oxazole rings is 1. The average Bonchev–Trinajstić information content (AvgIpc) is 3.29. The quantitative estimate of drug-likeness (QED) is 0.538. The van der Waals surface area contributed by atoms with E-state index in [9.17, 15) is 18.0 Å². The number of nitrogens with zero attached hydrogens (tertiary/aromatic N) is 2. The van der Waals surface area contributed by atoms with Crippen molar-refractivity contribution in [3.8, 4) is 11.3 Å². The number of benzene rings is 2. The third kappa shape index (κ3) is 6.44. The van der Waals surface area contributed by atoms with Crippen LogP contribution in [0.1, 0.15) is 36.3 Å². The molecule has 33 heavy (non-hydrogen) atoms. The maximum absolute atomic E-state index is 12.9. The van der Waals surface area contributed by atoms with Gasteiger partial charge in [0.05, 0.1) is 11.8 Å². The summed E-state index contributed by atoms with van der Waals surface area (Å²) < 4.78 is 44.5. The molecule has 0 atom stereocenters. The lowest BCUT2D eigenvalue weighted by Crippen LogP contribution is -2.44. The molecule has 0 radical (unpaired) electrons. The summed E-state index contributed by atoms with van der Waals surface area (Å²) in [6.07, 6.45) is -0.416. The molecule has 2 heterocycles. The topological polar surface area (TPSA) is 58.4 Å². The van der Waals surface area contributed by atoms with Gasteiger partial charge in [0, 0.05) is 44.1 Å². The molecule has 1 N–H and O–H groups in total. The number of amides is 1. The summed E-state index contributed by atoms with van der Waals surface area (Å²) in [7, 11) is 0. The molecule has 8 heteroatoms. The molecule has 0 spiro atoms. The third-order valence-corrected chi connectivity index (χ3v) is 5.79. The number of aromatic nitrogens is 1. The molecule has 0 saturated carbocycles. The van der Waals surface area contributed by atoms with Crippen molar-refractivity contribution >= 4 is 5.91 Å². The summed E-state index contributed by atoms with van der Waals surface area (Å²) in [5.41, 5.74) is 0.967. The van der Waals surface area contributed by atoms with E-state index in [2.05, 4.69) is 15.2 Å². The molecule has 1 fully saturated rings. The number of alkyl halides is 3. The number of halogens is 3. The Labute approximate surface area is 190 Å². The Morgan fingerprint density at radius 3 is 2.58 bits per heavy atom. The van der Waals surface area contributed by atoms with Crippen LogP contribution in [-0.2, 0) is 23.9 Å². The van der Waals surface area contributed by atoms with Crippen molar-refractivity contribution in [1.82, 2.24) is 15.2 Å². The van der Waals surface area contributed by atoms with Crippen LogP contribution in [-0.4, -0.2) is 34.9 Å². The number of carbonyl (C=O) groups excluding carboxylic acids is 1. The molecule has 0 bridgehead atoms. The lowest BCUT2D eigenvalue weighted by atomic mass is 10.0. The van der Waals surface area contributed by atoms with Gasteiger partial charge in [-0.05, 0) is 24.5 Å². The third-order valence-electron chi connectivity index (χ3n) is 5.79. The minimum absolute atomic E-state index is 0.0502. The lowest BCUT2D eigenvalue weighted by molar-refractivity contribution is -0.137. The Morgan fingerprint density at radius 2 is 1.85 bits per heavy atom. The molecule has 5 nitrogen and oxygen atoms in total. The van der Waals surface area contributed by atoms with E-state index in [1.54, 1.807) is 12.3 Å². The van der Waals surface area contributed by atoms with Gasteiger partial charge < -0.3 is 9.73 Å². The fourth-order valence-electron chi connectivity index (χ4n) is 4.02. The van der Waals surface area contributed by atoms with E-state index in [1.807, 2.05) is 30.3 Å². The molecule has 1 amide bonds. The Bertz CT molecular complexity index is 1060. The molecule has 174 valence electrons. The van der Waals surface area contributed by atoms with Gasteiger partial charge in [0.25, 0.3) is 0 Å². The van der Waals surface area contributed by atoms with Crippen molar-refractivity contribution in [2.75, 3.05) is 13.1 Å². The fourth-order valence-corrected chi connectivity index (χ4v) is 4.02. The van der Waals surface area contributed by atoms with E-state index in [0.717, 1.165) is 37.6 Å². The Morgan fingerprint density at radius 1 is 1.09 bits per heavy atom. The summed E-state index contributed by atoms with van der Waals surface area (Å²) in [6, 6.07) is 15.2. The van der Waals surface area contributed by atoms with Crippen molar-refractivity contribution < 1.29 is 22.4 Å². The predicted molar refractivity (Wildman–Crippen MR) is 118 cm³/mol. The maximum Gasteiger partial charge on any atom is 0.416 e. The molecule has 2 aromatic carbocycles. The Hall–Kier alpha value is -3.13. The highest BCUT2D eigenvalue weighted by Crippen LogP contribution is 2.30. The number of nitrogens with one attached hydrogen (secondary N) is 1. The van der Waals surface area contributed by atoms with Crippen molar-refractivity contribution in [2.24, 2.45) is 0 Å². The van der Waals surface area contributed by atoms with Crippen molar-refractivity contribution in [3.63, 3.8) is 0 Å². The van der Waals surface area contributed by atoms with Crippen molar-refractivity contribution in [1.29, 1.82) is 0 Å². The number of hydrogen-bond donors (Lipinski definition) is 1. The number of likely N-dealkylation sites (tertiary alicyclic amines) is 1. The predicted octanol–water partition coefficient (Wildman–Crippen LogP) is 5.07. The normalized spacial score (nSPS) is 15.5.